The number of rotatable bonds is 3. The van der Waals surface area contributed by atoms with Crippen LogP contribution >= 0.6 is 0 Å². The number of amides is 1. The fraction of sp³-hybridized carbons (Fsp3) is 0.133. The van der Waals surface area contributed by atoms with Gasteiger partial charge in [0.25, 0.3) is 5.91 Å². The zero-order chi connectivity index (χ0) is 14.7. The SMILES string of the molecule is Cc1cccc(NC(=O)c2ccncc2C(=O)O)c1C. The highest BCUT2D eigenvalue weighted by atomic mass is 16.4. The molecule has 0 saturated carbocycles. The summed E-state index contributed by atoms with van der Waals surface area (Å²) in [7, 11) is 0. The molecule has 2 N–H and O–H groups in total. The topological polar surface area (TPSA) is 79.3 Å². The van der Waals surface area contributed by atoms with Gasteiger partial charge in [0.05, 0.1) is 11.1 Å². The summed E-state index contributed by atoms with van der Waals surface area (Å²) in [6.07, 6.45) is 2.56. The number of hydrogen-bond acceptors (Lipinski definition) is 3. The normalized spacial score (nSPS) is 10.1. The monoisotopic (exact) mass is 270 g/mol. The van der Waals surface area contributed by atoms with Crippen LogP contribution in [0.25, 0.3) is 0 Å². The second kappa shape index (κ2) is 5.52. The van der Waals surface area contributed by atoms with E-state index in [4.69, 9.17) is 5.11 Å². The van der Waals surface area contributed by atoms with Crippen LogP contribution in [0.4, 0.5) is 5.69 Å². The average Bonchev–Trinajstić information content (AvgIpc) is 2.43. The average molecular weight is 270 g/mol. The third-order valence-corrected chi connectivity index (χ3v) is 3.15. The Morgan fingerprint density at radius 2 is 1.90 bits per heavy atom. The molecular weight excluding hydrogens is 256 g/mol. The van der Waals surface area contributed by atoms with Crippen LogP contribution in [0.1, 0.15) is 31.8 Å². The van der Waals surface area contributed by atoms with Gasteiger partial charge in [0, 0.05) is 18.1 Å². The van der Waals surface area contributed by atoms with Crippen molar-refractivity contribution in [3.05, 3.63) is 58.9 Å². The molecule has 1 amide bonds. The van der Waals surface area contributed by atoms with Gasteiger partial charge in [-0.15, -0.1) is 0 Å². The quantitative estimate of drug-likeness (QED) is 0.898. The number of carboxylic acid groups (broad SMARTS) is 1. The number of aromatic carboxylic acids is 1. The molecule has 0 bridgehead atoms. The van der Waals surface area contributed by atoms with Crippen molar-refractivity contribution < 1.29 is 14.7 Å². The maximum Gasteiger partial charge on any atom is 0.338 e. The van der Waals surface area contributed by atoms with E-state index in [9.17, 15) is 9.59 Å². The van der Waals surface area contributed by atoms with Crippen molar-refractivity contribution in [2.75, 3.05) is 5.32 Å². The van der Waals surface area contributed by atoms with E-state index < -0.39 is 11.9 Å². The number of benzene rings is 1. The van der Waals surface area contributed by atoms with Crippen molar-refractivity contribution >= 4 is 17.6 Å². The molecule has 0 aliphatic heterocycles. The number of nitrogens with one attached hydrogen (secondary N) is 1. The summed E-state index contributed by atoms with van der Waals surface area (Å²) in [6, 6.07) is 6.95. The standard InChI is InChI=1S/C15H14N2O3/c1-9-4-3-5-13(10(9)2)17-14(18)11-6-7-16-8-12(11)15(19)20/h3-8H,1-2H3,(H,17,18)(H,19,20). The lowest BCUT2D eigenvalue weighted by molar-refractivity contribution is 0.0692. The van der Waals surface area contributed by atoms with Crippen molar-refractivity contribution in [3.63, 3.8) is 0 Å². The molecule has 1 heterocycles. The Labute approximate surface area is 116 Å². The van der Waals surface area contributed by atoms with E-state index in [0.29, 0.717) is 5.69 Å². The lowest BCUT2D eigenvalue weighted by Crippen LogP contribution is -2.17. The van der Waals surface area contributed by atoms with Crippen LogP contribution < -0.4 is 5.32 Å². The van der Waals surface area contributed by atoms with Gasteiger partial charge >= 0.3 is 5.97 Å². The number of hydrogen-bond donors (Lipinski definition) is 2. The fourth-order valence-corrected chi connectivity index (χ4v) is 1.84. The summed E-state index contributed by atoms with van der Waals surface area (Å²) in [4.78, 5) is 27.0. The molecule has 0 radical (unpaired) electrons. The van der Waals surface area contributed by atoms with Gasteiger partial charge in [-0.25, -0.2) is 4.79 Å². The molecule has 2 rings (SSSR count). The fourth-order valence-electron chi connectivity index (χ4n) is 1.84. The van der Waals surface area contributed by atoms with E-state index >= 15 is 0 Å². The van der Waals surface area contributed by atoms with Gasteiger partial charge in [0.2, 0.25) is 0 Å². The van der Waals surface area contributed by atoms with Crippen LogP contribution in [-0.2, 0) is 0 Å². The Balaban J connectivity index is 2.34. The van der Waals surface area contributed by atoms with E-state index in [1.54, 1.807) is 6.07 Å². The molecule has 0 unspecified atom stereocenters. The molecule has 20 heavy (non-hydrogen) atoms. The third kappa shape index (κ3) is 2.66. The molecule has 0 fully saturated rings. The number of aryl methyl sites for hydroxylation is 1. The van der Waals surface area contributed by atoms with Crippen LogP contribution in [0.5, 0.6) is 0 Å². The molecular formula is C15H14N2O3. The number of carbonyl (C=O) groups is 2. The summed E-state index contributed by atoms with van der Waals surface area (Å²) < 4.78 is 0. The Hall–Kier alpha value is -2.69. The van der Waals surface area contributed by atoms with Gasteiger partial charge in [-0.1, -0.05) is 12.1 Å². The maximum absolute atomic E-state index is 12.2. The summed E-state index contributed by atoms with van der Waals surface area (Å²) in [6.45, 7) is 3.84. The minimum Gasteiger partial charge on any atom is -0.478 e. The van der Waals surface area contributed by atoms with Crippen molar-refractivity contribution in [1.82, 2.24) is 4.98 Å². The Kier molecular flexibility index (Phi) is 3.79. The molecule has 0 spiro atoms. The maximum atomic E-state index is 12.2. The number of anilines is 1. The first kappa shape index (κ1) is 13.7. The minimum atomic E-state index is -1.18. The van der Waals surface area contributed by atoms with Gasteiger partial charge in [-0.2, -0.15) is 0 Å². The molecule has 0 saturated heterocycles. The van der Waals surface area contributed by atoms with E-state index in [1.807, 2.05) is 26.0 Å². The van der Waals surface area contributed by atoms with Crippen LogP contribution in [0.3, 0.4) is 0 Å². The minimum absolute atomic E-state index is 0.0911. The summed E-state index contributed by atoms with van der Waals surface area (Å²) >= 11 is 0. The van der Waals surface area contributed by atoms with Gasteiger partial charge < -0.3 is 10.4 Å². The molecule has 5 heteroatoms. The molecule has 0 aliphatic rings. The molecule has 1 aromatic carbocycles. The molecule has 5 nitrogen and oxygen atoms in total. The summed E-state index contributed by atoms with van der Waals surface area (Å²) in [5.74, 6) is -1.64. The first-order valence-electron chi connectivity index (χ1n) is 6.05. The van der Waals surface area contributed by atoms with Crippen LogP contribution in [0.15, 0.2) is 36.7 Å². The smallest absolute Gasteiger partial charge is 0.338 e. The number of pyridine rings is 1. The zero-order valence-corrected chi connectivity index (χ0v) is 11.2. The molecule has 1 aromatic heterocycles. The molecule has 0 atom stereocenters. The third-order valence-electron chi connectivity index (χ3n) is 3.15. The molecule has 0 aliphatic carbocycles. The number of carbonyl (C=O) groups excluding carboxylic acids is 1. The number of aromatic nitrogens is 1. The van der Waals surface area contributed by atoms with Crippen molar-refractivity contribution in [2.45, 2.75) is 13.8 Å². The zero-order valence-electron chi connectivity index (χ0n) is 11.2. The molecule has 2 aromatic rings. The molecule has 102 valence electrons. The van der Waals surface area contributed by atoms with E-state index in [0.717, 1.165) is 11.1 Å². The van der Waals surface area contributed by atoms with Crippen molar-refractivity contribution in [3.8, 4) is 0 Å². The van der Waals surface area contributed by atoms with Crippen LogP contribution in [-0.4, -0.2) is 22.0 Å². The Morgan fingerprint density at radius 3 is 2.60 bits per heavy atom. The summed E-state index contributed by atoms with van der Waals surface area (Å²) in [5.41, 5.74) is 2.65. The van der Waals surface area contributed by atoms with Gasteiger partial charge in [-0.05, 0) is 37.1 Å². The van der Waals surface area contributed by atoms with E-state index in [2.05, 4.69) is 10.3 Å². The van der Waals surface area contributed by atoms with Gasteiger partial charge in [0.15, 0.2) is 0 Å². The Morgan fingerprint density at radius 1 is 1.15 bits per heavy atom. The van der Waals surface area contributed by atoms with Crippen molar-refractivity contribution in [1.29, 1.82) is 0 Å². The first-order valence-corrected chi connectivity index (χ1v) is 6.05. The van der Waals surface area contributed by atoms with E-state index in [1.165, 1.54) is 18.5 Å². The number of carboxylic acids is 1. The first-order chi connectivity index (χ1) is 9.50. The lowest BCUT2D eigenvalue weighted by Gasteiger charge is -2.11. The largest absolute Gasteiger partial charge is 0.478 e. The van der Waals surface area contributed by atoms with Crippen LogP contribution in [0.2, 0.25) is 0 Å². The van der Waals surface area contributed by atoms with Gasteiger partial charge in [0.1, 0.15) is 0 Å². The predicted molar refractivity (Wildman–Crippen MR) is 75.1 cm³/mol. The number of nitrogens with zero attached hydrogens (tertiary/aromatic N) is 1. The lowest BCUT2D eigenvalue weighted by atomic mass is 10.1. The Bertz CT molecular complexity index is 681. The highest BCUT2D eigenvalue weighted by molar-refractivity contribution is 6.10. The highest BCUT2D eigenvalue weighted by Gasteiger charge is 2.17. The second-order valence-corrected chi connectivity index (χ2v) is 4.43. The van der Waals surface area contributed by atoms with Crippen molar-refractivity contribution in [2.24, 2.45) is 0 Å². The summed E-state index contributed by atoms with van der Waals surface area (Å²) in [5, 5.41) is 11.8. The predicted octanol–water partition coefficient (Wildman–Crippen LogP) is 2.65. The van der Waals surface area contributed by atoms with E-state index in [-0.39, 0.29) is 11.1 Å². The highest BCUT2D eigenvalue weighted by Crippen LogP contribution is 2.19. The van der Waals surface area contributed by atoms with Crippen LogP contribution in [0, 0.1) is 13.8 Å². The van der Waals surface area contributed by atoms with Gasteiger partial charge in [-0.3, -0.25) is 9.78 Å². The second-order valence-electron chi connectivity index (χ2n) is 4.43.